The van der Waals surface area contributed by atoms with Gasteiger partial charge in [0.2, 0.25) is 15.0 Å². The number of nitrogens with two attached hydrogens (primary N) is 1. The van der Waals surface area contributed by atoms with Gasteiger partial charge in [0.05, 0.1) is 23.8 Å². The second-order valence-electron chi connectivity index (χ2n) is 2.62. The normalized spacial score (nSPS) is 11.5. The molecule has 0 radical (unpaired) electrons. The molecule has 0 fully saturated rings. The van der Waals surface area contributed by atoms with Crippen molar-refractivity contribution in [1.82, 2.24) is 9.97 Å². The van der Waals surface area contributed by atoms with E-state index in [9.17, 15) is 8.42 Å². The molecule has 2 N–H and O–H groups in total. The number of anilines is 1. The highest BCUT2D eigenvalue weighted by atomic mass is 32.2. The quantitative estimate of drug-likeness (QED) is 0.708. The molecule has 5 nitrogen and oxygen atoms in total. The number of hydrogen-bond donors (Lipinski definition) is 1. The number of rotatable bonds is 3. The smallest absolute Gasteiger partial charge is 0.247 e. The third-order valence-electron chi connectivity index (χ3n) is 1.40. The van der Waals surface area contributed by atoms with Gasteiger partial charge in [-0.1, -0.05) is 6.92 Å². The third-order valence-corrected chi connectivity index (χ3v) is 3.11. The minimum atomic E-state index is -3.30. The maximum atomic E-state index is 11.4. The summed E-state index contributed by atoms with van der Waals surface area (Å²) < 4.78 is 22.8. The van der Waals surface area contributed by atoms with E-state index in [1.807, 2.05) is 0 Å². The van der Waals surface area contributed by atoms with Gasteiger partial charge in [-0.05, 0) is 6.42 Å². The molecular formula is C7H11N3O2S. The molecule has 1 rings (SSSR count). The van der Waals surface area contributed by atoms with Crippen LogP contribution in [0.1, 0.15) is 13.3 Å². The van der Waals surface area contributed by atoms with Crippen LogP contribution in [-0.2, 0) is 9.84 Å². The summed E-state index contributed by atoms with van der Waals surface area (Å²) in [6.07, 6.45) is 3.13. The maximum absolute atomic E-state index is 11.4. The van der Waals surface area contributed by atoms with Gasteiger partial charge in [0.1, 0.15) is 0 Å². The van der Waals surface area contributed by atoms with Crippen LogP contribution in [0.4, 0.5) is 5.69 Å². The van der Waals surface area contributed by atoms with Gasteiger partial charge in [0.15, 0.2) is 0 Å². The van der Waals surface area contributed by atoms with Crippen molar-refractivity contribution in [1.29, 1.82) is 0 Å². The number of aromatic nitrogens is 2. The first-order valence-corrected chi connectivity index (χ1v) is 5.52. The molecule has 0 saturated carbocycles. The molecule has 0 bridgehead atoms. The third kappa shape index (κ3) is 2.38. The molecule has 0 unspecified atom stereocenters. The summed E-state index contributed by atoms with van der Waals surface area (Å²) in [4.78, 5) is 7.29. The zero-order chi connectivity index (χ0) is 9.90. The first-order chi connectivity index (χ1) is 6.06. The van der Waals surface area contributed by atoms with E-state index in [1.165, 1.54) is 12.4 Å². The number of nitrogens with zero attached hydrogens (tertiary/aromatic N) is 2. The zero-order valence-corrected chi connectivity index (χ0v) is 8.08. The van der Waals surface area contributed by atoms with E-state index in [1.54, 1.807) is 6.92 Å². The summed E-state index contributed by atoms with van der Waals surface area (Å²) in [6.45, 7) is 1.79. The van der Waals surface area contributed by atoms with E-state index >= 15 is 0 Å². The molecule has 0 aliphatic rings. The SMILES string of the molecule is CCCS(=O)(=O)c1ncc(N)cn1. The minimum Gasteiger partial charge on any atom is -0.396 e. The topological polar surface area (TPSA) is 85.9 Å². The van der Waals surface area contributed by atoms with E-state index in [0.29, 0.717) is 12.1 Å². The van der Waals surface area contributed by atoms with Gasteiger partial charge in [0.25, 0.3) is 0 Å². The Hall–Kier alpha value is -1.17. The maximum Gasteiger partial charge on any atom is 0.247 e. The molecule has 0 aliphatic carbocycles. The lowest BCUT2D eigenvalue weighted by molar-refractivity contribution is 0.585. The van der Waals surface area contributed by atoms with Gasteiger partial charge in [-0.3, -0.25) is 0 Å². The van der Waals surface area contributed by atoms with Crippen LogP contribution in [0.5, 0.6) is 0 Å². The standard InChI is InChI=1S/C7H11N3O2S/c1-2-3-13(11,12)7-9-4-6(8)5-10-7/h4-5H,2-3,8H2,1H3. The molecule has 1 aromatic heterocycles. The van der Waals surface area contributed by atoms with E-state index in [0.717, 1.165) is 0 Å². The van der Waals surface area contributed by atoms with Crippen LogP contribution in [0, 0.1) is 0 Å². The van der Waals surface area contributed by atoms with Gasteiger partial charge in [-0.2, -0.15) is 0 Å². The van der Waals surface area contributed by atoms with Crippen LogP contribution >= 0.6 is 0 Å². The zero-order valence-electron chi connectivity index (χ0n) is 7.27. The number of nitrogen functional groups attached to an aromatic ring is 1. The number of hydrogen-bond acceptors (Lipinski definition) is 5. The van der Waals surface area contributed by atoms with Gasteiger partial charge < -0.3 is 5.73 Å². The molecule has 1 aromatic rings. The molecular weight excluding hydrogens is 190 g/mol. The predicted molar refractivity (Wildman–Crippen MR) is 48.8 cm³/mol. The highest BCUT2D eigenvalue weighted by molar-refractivity contribution is 7.91. The van der Waals surface area contributed by atoms with Crippen LogP contribution < -0.4 is 5.73 Å². The summed E-state index contributed by atoms with van der Waals surface area (Å²) in [6, 6.07) is 0. The van der Waals surface area contributed by atoms with E-state index in [-0.39, 0.29) is 10.9 Å². The summed E-state index contributed by atoms with van der Waals surface area (Å²) in [5.41, 5.74) is 5.68. The van der Waals surface area contributed by atoms with Crippen molar-refractivity contribution in [2.24, 2.45) is 0 Å². The van der Waals surface area contributed by atoms with Gasteiger partial charge in [0, 0.05) is 0 Å². The van der Waals surface area contributed by atoms with Crippen molar-refractivity contribution in [3.8, 4) is 0 Å². The van der Waals surface area contributed by atoms with Crippen molar-refractivity contribution >= 4 is 15.5 Å². The molecule has 0 saturated heterocycles. The average Bonchev–Trinajstić information content (AvgIpc) is 2.05. The van der Waals surface area contributed by atoms with Gasteiger partial charge in [-0.15, -0.1) is 0 Å². The van der Waals surface area contributed by atoms with Gasteiger partial charge >= 0.3 is 0 Å². The van der Waals surface area contributed by atoms with Crippen molar-refractivity contribution in [3.05, 3.63) is 12.4 Å². The second-order valence-corrected chi connectivity index (χ2v) is 4.62. The summed E-state index contributed by atoms with van der Waals surface area (Å²) in [5, 5.41) is -0.149. The molecule has 13 heavy (non-hydrogen) atoms. The Morgan fingerprint density at radius 1 is 1.38 bits per heavy atom. The molecule has 0 aromatic carbocycles. The Morgan fingerprint density at radius 3 is 2.38 bits per heavy atom. The van der Waals surface area contributed by atoms with Crippen molar-refractivity contribution in [3.63, 3.8) is 0 Å². The Labute approximate surface area is 76.9 Å². The molecule has 1 heterocycles. The summed E-state index contributed by atoms with van der Waals surface area (Å²) in [5.74, 6) is 0.0664. The highest BCUT2D eigenvalue weighted by Gasteiger charge is 2.15. The minimum absolute atomic E-state index is 0.0664. The average molecular weight is 201 g/mol. The summed E-state index contributed by atoms with van der Waals surface area (Å²) in [7, 11) is -3.30. The van der Waals surface area contributed by atoms with Crippen LogP contribution in [0.2, 0.25) is 0 Å². The fraction of sp³-hybridized carbons (Fsp3) is 0.429. The van der Waals surface area contributed by atoms with E-state index in [2.05, 4.69) is 9.97 Å². The lowest BCUT2D eigenvalue weighted by atomic mass is 10.6. The molecule has 0 spiro atoms. The fourth-order valence-corrected chi connectivity index (χ4v) is 1.99. The van der Waals surface area contributed by atoms with E-state index in [4.69, 9.17) is 5.73 Å². The summed E-state index contributed by atoms with van der Waals surface area (Å²) >= 11 is 0. The molecule has 0 amide bonds. The molecule has 0 atom stereocenters. The lowest BCUT2D eigenvalue weighted by Crippen LogP contribution is -2.10. The highest BCUT2D eigenvalue weighted by Crippen LogP contribution is 2.06. The van der Waals surface area contributed by atoms with Crippen molar-refractivity contribution < 1.29 is 8.42 Å². The second kappa shape index (κ2) is 3.69. The monoisotopic (exact) mass is 201 g/mol. The van der Waals surface area contributed by atoms with Crippen LogP contribution in [0.25, 0.3) is 0 Å². The fourth-order valence-electron chi connectivity index (χ4n) is 0.847. The first-order valence-electron chi connectivity index (χ1n) is 3.86. The van der Waals surface area contributed by atoms with E-state index < -0.39 is 9.84 Å². The Morgan fingerprint density at radius 2 is 1.92 bits per heavy atom. The largest absolute Gasteiger partial charge is 0.396 e. The van der Waals surface area contributed by atoms with Crippen molar-refractivity contribution in [2.75, 3.05) is 11.5 Å². The Balaban J connectivity index is 3.02. The molecule has 0 aliphatic heterocycles. The van der Waals surface area contributed by atoms with Crippen molar-refractivity contribution in [2.45, 2.75) is 18.5 Å². The number of sulfone groups is 1. The lowest BCUT2D eigenvalue weighted by Gasteiger charge is -1.99. The Kier molecular flexibility index (Phi) is 2.82. The predicted octanol–water partition coefficient (Wildman–Crippen LogP) is 0.243. The first kappa shape index (κ1) is 9.91. The van der Waals surface area contributed by atoms with Crippen LogP contribution in [0.3, 0.4) is 0 Å². The Bertz CT molecular complexity index is 371. The van der Waals surface area contributed by atoms with Crippen LogP contribution in [-0.4, -0.2) is 24.1 Å². The molecule has 6 heteroatoms. The van der Waals surface area contributed by atoms with Crippen LogP contribution in [0.15, 0.2) is 17.6 Å². The molecule has 72 valence electrons. The van der Waals surface area contributed by atoms with Gasteiger partial charge in [-0.25, -0.2) is 18.4 Å².